The van der Waals surface area contributed by atoms with Gasteiger partial charge in [-0.2, -0.15) is 0 Å². The van der Waals surface area contributed by atoms with Crippen molar-refractivity contribution in [2.24, 2.45) is 5.41 Å². The Hall–Kier alpha value is -1.26. The van der Waals surface area contributed by atoms with E-state index in [1.54, 1.807) is 39.0 Å². The molecule has 0 fully saturated rings. The zero-order valence-corrected chi connectivity index (χ0v) is 13.0. The Balaban J connectivity index is 2.79. The highest BCUT2D eigenvalue weighted by atomic mass is 35.5. The Morgan fingerprint density at radius 3 is 2.35 bits per heavy atom. The summed E-state index contributed by atoms with van der Waals surface area (Å²) in [6.07, 6.45) is 0.00978. The fourth-order valence-corrected chi connectivity index (χ4v) is 2.17. The predicted molar refractivity (Wildman–Crippen MR) is 79.2 cm³/mol. The summed E-state index contributed by atoms with van der Waals surface area (Å²) in [6, 6.07) is 3.87. The lowest BCUT2D eigenvalue weighted by Gasteiger charge is -2.27. The van der Waals surface area contributed by atoms with Gasteiger partial charge in [0.1, 0.15) is 6.04 Å². The number of nitrogens with one attached hydrogen (secondary N) is 1. The third-order valence-corrected chi connectivity index (χ3v) is 3.37. The molecular formula is C14H17Cl2NO3. The molecule has 4 nitrogen and oxygen atoms in total. The largest absolute Gasteiger partial charge is 0.480 e. The first-order valence-corrected chi connectivity index (χ1v) is 6.83. The molecule has 2 N–H and O–H groups in total. The van der Waals surface area contributed by atoms with Crippen LogP contribution in [0.15, 0.2) is 18.2 Å². The Kier molecular flexibility index (Phi) is 5.42. The van der Waals surface area contributed by atoms with Gasteiger partial charge in [0.15, 0.2) is 0 Å². The molecular weight excluding hydrogens is 301 g/mol. The maximum Gasteiger partial charge on any atom is 0.326 e. The molecule has 0 heterocycles. The van der Waals surface area contributed by atoms with Crippen LogP contribution in [0.1, 0.15) is 26.3 Å². The van der Waals surface area contributed by atoms with E-state index in [2.05, 4.69) is 5.32 Å². The molecule has 0 aliphatic heterocycles. The molecule has 0 aliphatic rings. The molecule has 0 saturated carbocycles. The van der Waals surface area contributed by atoms with Crippen molar-refractivity contribution < 1.29 is 14.7 Å². The molecule has 0 spiro atoms. The monoisotopic (exact) mass is 317 g/mol. The van der Waals surface area contributed by atoms with Crippen LogP contribution in [0.5, 0.6) is 0 Å². The van der Waals surface area contributed by atoms with Crippen LogP contribution in [-0.4, -0.2) is 23.0 Å². The van der Waals surface area contributed by atoms with Crippen molar-refractivity contribution in [1.82, 2.24) is 5.32 Å². The lowest BCUT2D eigenvalue weighted by atomic mass is 9.86. The molecule has 0 bridgehead atoms. The maximum atomic E-state index is 11.9. The minimum absolute atomic E-state index is 0.00978. The second-order valence-electron chi connectivity index (χ2n) is 5.62. The van der Waals surface area contributed by atoms with E-state index in [1.165, 1.54) is 0 Å². The van der Waals surface area contributed by atoms with Crippen molar-refractivity contribution in [3.8, 4) is 0 Å². The van der Waals surface area contributed by atoms with Crippen LogP contribution in [-0.2, 0) is 16.0 Å². The normalized spacial score (nSPS) is 12.8. The third-order valence-electron chi connectivity index (χ3n) is 2.78. The van der Waals surface area contributed by atoms with Crippen LogP contribution < -0.4 is 5.32 Å². The third kappa shape index (κ3) is 4.69. The first kappa shape index (κ1) is 16.8. The molecule has 20 heavy (non-hydrogen) atoms. The zero-order chi connectivity index (χ0) is 15.5. The van der Waals surface area contributed by atoms with Crippen molar-refractivity contribution in [3.05, 3.63) is 33.8 Å². The second kappa shape index (κ2) is 6.46. The molecule has 0 radical (unpaired) electrons. The second-order valence-corrected chi connectivity index (χ2v) is 6.46. The minimum atomic E-state index is -1.06. The number of hydrogen-bond donors (Lipinski definition) is 2. The van der Waals surface area contributed by atoms with E-state index in [4.69, 9.17) is 28.3 Å². The smallest absolute Gasteiger partial charge is 0.326 e. The number of aliphatic carboxylic acids is 1. The number of carboxylic acids is 1. The van der Waals surface area contributed by atoms with Crippen molar-refractivity contribution >= 4 is 35.1 Å². The summed E-state index contributed by atoms with van der Waals surface area (Å²) >= 11 is 11.8. The van der Waals surface area contributed by atoms with Crippen molar-refractivity contribution in [2.75, 3.05) is 0 Å². The fraction of sp³-hybridized carbons (Fsp3) is 0.429. The number of benzene rings is 1. The van der Waals surface area contributed by atoms with Gasteiger partial charge in [-0.1, -0.05) is 50.0 Å². The van der Waals surface area contributed by atoms with Crippen molar-refractivity contribution in [2.45, 2.75) is 33.2 Å². The molecule has 1 amide bonds. The minimum Gasteiger partial charge on any atom is -0.480 e. The summed E-state index contributed by atoms with van der Waals surface area (Å²) < 4.78 is 0. The summed E-state index contributed by atoms with van der Waals surface area (Å²) in [4.78, 5) is 23.1. The molecule has 1 atom stereocenters. The lowest BCUT2D eigenvalue weighted by molar-refractivity contribution is -0.144. The van der Waals surface area contributed by atoms with Gasteiger partial charge in [-0.05, 0) is 23.1 Å². The van der Waals surface area contributed by atoms with Gasteiger partial charge in [0, 0.05) is 10.0 Å². The highest BCUT2D eigenvalue weighted by Crippen LogP contribution is 2.22. The van der Waals surface area contributed by atoms with E-state index in [-0.39, 0.29) is 6.42 Å². The molecule has 0 saturated heterocycles. The highest BCUT2D eigenvalue weighted by Gasteiger charge is 2.32. The molecule has 6 heteroatoms. The topological polar surface area (TPSA) is 66.4 Å². The Morgan fingerprint density at radius 1 is 1.30 bits per heavy atom. The summed E-state index contributed by atoms with van der Waals surface area (Å²) in [5, 5.41) is 12.5. The summed E-state index contributed by atoms with van der Waals surface area (Å²) in [7, 11) is 0. The van der Waals surface area contributed by atoms with Gasteiger partial charge in [-0.15, -0.1) is 0 Å². The van der Waals surface area contributed by atoms with Crippen LogP contribution in [0.2, 0.25) is 10.0 Å². The Labute approximate surface area is 128 Å². The van der Waals surface area contributed by atoms with E-state index in [0.29, 0.717) is 15.6 Å². The molecule has 1 aromatic carbocycles. The molecule has 1 aromatic rings. The van der Waals surface area contributed by atoms with Crippen LogP contribution in [0.25, 0.3) is 0 Å². The number of rotatable bonds is 4. The van der Waals surface area contributed by atoms with E-state index in [9.17, 15) is 9.59 Å². The number of hydrogen-bond acceptors (Lipinski definition) is 2. The number of carbonyl (C=O) groups excluding carboxylic acids is 1. The van der Waals surface area contributed by atoms with Gasteiger partial charge in [0.25, 0.3) is 0 Å². The van der Waals surface area contributed by atoms with E-state index < -0.39 is 23.3 Å². The SMILES string of the molecule is CC(C)(C)C(NC(=O)Cc1ccc(Cl)cc1Cl)C(=O)O. The predicted octanol–water partition coefficient (Wildman–Crippen LogP) is 3.15. The fourth-order valence-electron chi connectivity index (χ4n) is 1.70. The molecule has 1 rings (SSSR count). The molecule has 0 aromatic heterocycles. The lowest BCUT2D eigenvalue weighted by Crippen LogP contribution is -2.49. The standard InChI is InChI=1S/C14H17Cl2NO3/c1-14(2,3)12(13(19)20)17-11(18)6-8-4-5-9(15)7-10(8)16/h4-5,7,12H,6H2,1-3H3,(H,17,18)(H,19,20). The summed E-state index contributed by atoms with van der Waals surface area (Å²) in [5.41, 5.74) is 0.0253. The number of carbonyl (C=O) groups is 2. The molecule has 0 aliphatic carbocycles. The van der Waals surface area contributed by atoms with Gasteiger partial charge < -0.3 is 10.4 Å². The quantitative estimate of drug-likeness (QED) is 0.896. The number of halogens is 2. The number of amides is 1. The molecule has 1 unspecified atom stereocenters. The zero-order valence-electron chi connectivity index (χ0n) is 11.5. The van der Waals surface area contributed by atoms with Crippen LogP contribution in [0.3, 0.4) is 0 Å². The van der Waals surface area contributed by atoms with Crippen LogP contribution in [0.4, 0.5) is 0 Å². The van der Waals surface area contributed by atoms with Crippen molar-refractivity contribution in [3.63, 3.8) is 0 Å². The number of carboxylic acid groups (broad SMARTS) is 1. The van der Waals surface area contributed by atoms with Crippen molar-refractivity contribution in [1.29, 1.82) is 0 Å². The van der Waals surface area contributed by atoms with Gasteiger partial charge >= 0.3 is 5.97 Å². The molecule has 110 valence electrons. The van der Waals surface area contributed by atoms with Gasteiger partial charge in [0.2, 0.25) is 5.91 Å². The first-order valence-electron chi connectivity index (χ1n) is 6.07. The Bertz CT molecular complexity index is 524. The summed E-state index contributed by atoms with van der Waals surface area (Å²) in [6.45, 7) is 5.25. The van der Waals surface area contributed by atoms with Crippen LogP contribution >= 0.6 is 23.2 Å². The Morgan fingerprint density at radius 2 is 1.90 bits per heavy atom. The summed E-state index contributed by atoms with van der Waals surface area (Å²) in [5.74, 6) is -1.45. The van der Waals surface area contributed by atoms with Gasteiger partial charge in [-0.25, -0.2) is 4.79 Å². The first-order chi connectivity index (χ1) is 9.11. The van der Waals surface area contributed by atoms with Gasteiger partial charge in [-0.3, -0.25) is 4.79 Å². The maximum absolute atomic E-state index is 11.9. The highest BCUT2D eigenvalue weighted by molar-refractivity contribution is 6.35. The van der Waals surface area contributed by atoms with Crippen LogP contribution in [0, 0.1) is 5.41 Å². The van der Waals surface area contributed by atoms with E-state index in [1.807, 2.05) is 0 Å². The van der Waals surface area contributed by atoms with Gasteiger partial charge in [0.05, 0.1) is 6.42 Å². The average molecular weight is 318 g/mol. The average Bonchev–Trinajstić information content (AvgIpc) is 2.28. The van der Waals surface area contributed by atoms with E-state index in [0.717, 1.165) is 0 Å². The van der Waals surface area contributed by atoms with E-state index >= 15 is 0 Å².